The molecule has 1 aromatic heterocycles. The summed E-state index contributed by atoms with van der Waals surface area (Å²) >= 11 is 1.20. The monoisotopic (exact) mass is 306 g/mol. The lowest BCUT2D eigenvalue weighted by Gasteiger charge is -2.03. The van der Waals surface area contributed by atoms with Crippen LogP contribution in [-0.2, 0) is 22.6 Å². The number of rotatable bonds is 6. The van der Waals surface area contributed by atoms with Gasteiger partial charge in [0, 0.05) is 18.1 Å². The Hall–Kier alpha value is -2.25. The second-order valence-electron chi connectivity index (χ2n) is 4.30. The average molecular weight is 306 g/mol. The summed E-state index contributed by atoms with van der Waals surface area (Å²) in [6.07, 6.45) is -0.155. The van der Waals surface area contributed by atoms with Gasteiger partial charge in [-0.05, 0) is 17.7 Å². The average Bonchev–Trinajstić information content (AvgIpc) is 2.86. The van der Waals surface area contributed by atoms with Crippen molar-refractivity contribution in [3.63, 3.8) is 0 Å². The van der Waals surface area contributed by atoms with E-state index in [1.807, 2.05) is 12.1 Å². The number of methoxy groups -OCH3 is 1. The van der Waals surface area contributed by atoms with Crippen LogP contribution in [0, 0.1) is 0 Å². The minimum Gasteiger partial charge on any atom is -0.481 e. The van der Waals surface area contributed by atoms with E-state index in [1.165, 1.54) is 11.3 Å². The number of benzene rings is 1. The smallest absolute Gasteiger partial charge is 0.309 e. The number of nitrogens with one attached hydrogen (secondary N) is 1. The van der Waals surface area contributed by atoms with Crippen LogP contribution in [0.2, 0.25) is 0 Å². The highest BCUT2D eigenvalue weighted by molar-refractivity contribution is 7.14. The Morgan fingerprint density at radius 1 is 1.33 bits per heavy atom. The first-order valence-corrected chi connectivity index (χ1v) is 7.02. The Morgan fingerprint density at radius 2 is 2.05 bits per heavy atom. The first-order chi connectivity index (χ1) is 10.1. The Bertz CT molecular complexity index is 637. The van der Waals surface area contributed by atoms with Gasteiger partial charge in [0.05, 0.1) is 18.7 Å². The highest BCUT2D eigenvalue weighted by Crippen LogP contribution is 2.17. The van der Waals surface area contributed by atoms with Crippen LogP contribution in [-0.4, -0.2) is 29.1 Å². The molecule has 0 saturated carbocycles. The zero-order valence-corrected chi connectivity index (χ0v) is 12.1. The van der Waals surface area contributed by atoms with Crippen LogP contribution in [0.3, 0.4) is 0 Å². The van der Waals surface area contributed by atoms with Gasteiger partial charge in [0.25, 0.3) is 5.91 Å². The van der Waals surface area contributed by atoms with E-state index in [9.17, 15) is 9.59 Å². The molecule has 110 valence electrons. The van der Waals surface area contributed by atoms with Crippen molar-refractivity contribution in [1.29, 1.82) is 0 Å². The first-order valence-electron chi connectivity index (χ1n) is 6.14. The van der Waals surface area contributed by atoms with E-state index in [-0.39, 0.29) is 12.3 Å². The third-order valence-electron chi connectivity index (χ3n) is 2.63. The molecule has 0 atom stereocenters. The molecule has 6 nitrogen and oxygen atoms in total. The molecule has 7 heteroatoms. The van der Waals surface area contributed by atoms with Crippen molar-refractivity contribution < 1.29 is 19.4 Å². The fourth-order valence-corrected chi connectivity index (χ4v) is 2.39. The van der Waals surface area contributed by atoms with Crippen molar-refractivity contribution in [3.05, 3.63) is 46.5 Å². The molecule has 0 saturated heterocycles. The molecule has 0 unspecified atom stereocenters. The molecule has 0 radical (unpaired) electrons. The molecule has 0 bridgehead atoms. The predicted molar refractivity (Wildman–Crippen MR) is 78.6 cm³/mol. The van der Waals surface area contributed by atoms with Crippen molar-refractivity contribution in [3.8, 4) is 0 Å². The molecular formula is C14H14N2O4S. The van der Waals surface area contributed by atoms with E-state index in [0.717, 1.165) is 5.56 Å². The van der Waals surface area contributed by atoms with E-state index in [1.54, 1.807) is 24.6 Å². The van der Waals surface area contributed by atoms with E-state index in [4.69, 9.17) is 9.84 Å². The van der Waals surface area contributed by atoms with Gasteiger partial charge in [-0.1, -0.05) is 12.1 Å². The second-order valence-corrected chi connectivity index (χ2v) is 5.16. The van der Waals surface area contributed by atoms with Crippen molar-refractivity contribution in [2.45, 2.75) is 13.0 Å². The number of aliphatic carboxylic acids is 1. The van der Waals surface area contributed by atoms with Gasteiger partial charge in [-0.3, -0.25) is 14.9 Å². The summed E-state index contributed by atoms with van der Waals surface area (Å²) in [6, 6.07) is 7.04. The summed E-state index contributed by atoms with van der Waals surface area (Å²) < 4.78 is 5.00. The van der Waals surface area contributed by atoms with Gasteiger partial charge in [-0.25, -0.2) is 4.98 Å². The number of carboxylic acid groups (broad SMARTS) is 1. The van der Waals surface area contributed by atoms with Gasteiger partial charge in [0.15, 0.2) is 5.13 Å². The maximum atomic E-state index is 12.0. The number of hydrogen-bond acceptors (Lipinski definition) is 5. The van der Waals surface area contributed by atoms with Gasteiger partial charge in [-0.15, -0.1) is 11.3 Å². The molecular weight excluding hydrogens is 292 g/mol. The molecule has 1 heterocycles. The summed E-state index contributed by atoms with van der Waals surface area (Å²) in [4.78, 5) is 26.6. The van der Waals surface area contributed by atoms with Crippen LogP contribution >= 0.6 is 11.3 Å². The Kier molecular flexibility index (Phi) is 5.02. The number of nitrogens with zero attached hydrogens (tertiary/aromatic N) is 1. The van der Waals surface area contributed by atoms with Crippen molar-refractivity contribution in [2.75, 3.05) is 12.4 Å². The number of amides is 1. The minimum atomic E-state index is -0.952. The molecule has 0 aliphatic rings. The summed E-state index contributed by atoms with van der Waals surface area (Å²) in [5.74, 6) is -1.23. The topological polar surface area (TPSA) is 88.5 Å². The molecule has 2 aromatic rings. The van der Waals surface area contributed by atoms with E-state index in [2.05, 4.69) is 10.3 Å². The number of anilines is 1. The van der Waals surface area contributed by atoms with Gasteiger partial charge in [-0.2, -0.15) is 0 Å². The maximum Gasteiger partial charge on any atom is 0.309 e. The first kappa shape index (κ1) is 15.1. The lowest BCUT2D eigenvalue weighted by atomic mass is 10.1. The summed E-state index contributed by atoms with van der Waals surface area (Å²) in [5.41, 5.74) is 1.91. The number of thiazole rings is 1. The zero-order chi connectivity index (χ0) is 15.2. The van der Waals surface area contributed by atoms with E-state index >= 15 is 0 Å². The number of ether oxygens (including phenoxy) is 1. The maximum absolute atomic E-state index is 12.0. The Balaban J connectivity index is 2.00. The molecule has 1 aromatic carbocycles. The summed E-state index contributed by atoms with van der Waals surface area (Å²) in [6.45, 7) is 0.493. The third-order valence-corrected chi connectivity index (χ3v) is 3.44. The summed E-state index contributed by atoms with van der Waals surface area (Å²) in [7, 11) is 1.61. The molecule has 0 spiro atoms. The highest BCUT2D eigenvalue weighted by Gasteiger charge is 2.10. The number of carbonyl (C=O) groups excluding carboxylic acids is 1. The van der Waals surface area contributed by atoms with Crippen molar-refractivity contribution in [2.24, 2.45) is 0 Å². The molecule has 1 amide bonds. The van der Waals surface area contributed by atoms with Crippen LogP contribution in [0.25, 0.3) is 0 Å². The molecule has 2 rings (SSSR count). The normalized spacial score (nSPS) is 10.3. The predicted octanol–water partition coefficient (Wildman–Crippen LogP) is 2.17. The molecule has 0 aliphatic carbocycles. The SMILES string of the molecule is COCc1ccc(C(=O)Nc2nc(CC(=O)O)cs2)cc1. The number of carbonyl (C=O) groups is 2. The number of hydrogen-bond donors (Lipinski definition) is 2. The fourth-order valence-electron chi connectivity index (χ4n) is 1.69. The molecule has 21 heavy (non-hydrogen) atoms. The lowest BCUT2D eigenvalue weighted by molar-refractivity contribution is -0.136. The van der Waals surface area contributed by atoms with Gasteiger partial charge in [0.2, 0.25) is 0 Å². The lowest BCUT2D eigenvalue weighted by Crippen LogP contribution is -2.12. The van der Waals surface area contributed by atoms with Crippen LogP contribution in [0.1, 0.15) is 21.6 Å². The fraction of sp³-hybridized carbons (Fsp3) is 0.214. The second kappa shape index (κ2) is 6.96. The van der Waals surface area contributed by atoms with Crippen LogP contribution in [0.15, 0.2) is 29.6 Å². The van der Waals surface area contributed by atoms with E-state index in [0.29, 0.717) is 23.0 Å². The Morgan fingerprint density at radius 3 is 2.67 bits per heavy atom. The number of carboxylic acids is 1. The summed E-state index contributed by atoms with van der Waals surface area (Å²) in [5, 5.41) is 13.3. The Labute approximate surface area is 125 Å². The largest absolute Gasteiger partial charge is 0.481 e. The molecule has 0 aliphatic heterocycles. The zero-order valence-electron chi connectivity index (χ0n) is 11.3. The van der Waals surface area contributed by atoms with Gasteiger partial charge in [0.1, 0.15) is 0 Å². The van der Waals surface area contributed by atoms with E-state index < -0.39 is 5.97 Å². The van der Waals surface area contributed by atoms with Crippen LogP contribution < -0.4 is 5.32 Å². The number of aromatic nitrogens is 1. The third kappa shape index (κ3) is 4.37. The highest BCUT2D eigenvalue weighted by atomic mass is 32.1. The standard InChI is InChI=1S/C14H14N2O4S/c1-20-7-9-2-4-10(5-3-9)13(19)16-14-15-11(8-21-14)6-12(17)18/h2-5,8H,6-7H2,1H3,(H,17,18)(H,15,16,19). The van der Waals surface area contributed by atoms with Crippen molar-refractivity contribution >= 4 is 28.3 Å². The molecule has 2 N–H and O–H groups in total. The van der Waals surface area contributed by atoms with Crippen LogP contribution in [0.5, 0.6) is 0 Å². The van der Waals surface area contributed by atoms with Crippen molar-refractivity contribution in [1.82, 2.24) is 4.98 Å². The quantitative estimate of drug-likeness (QED) is 0.854. The van der Waals surface area contributed by atoms with Gasteiger partial charge < -0.3 is 9.84 Å². The van der Waals surface area contributed by atoms with Crippen LogP contribution in [0.4, 0.5) is 5.13 Å². The minimum absolute atomic E-state index is 0.155. The van der Waals surface area contributed by atoms with Gasteiger partial charge >= 0.3 is 5.97 Å². The molecule has 0 fully saturated rings.